The summed E-state index contributed by atoms with van der Waals surface area (Å²) < 4.78 is 5.17. The number of para-hydroxylation sites is 1. The summed E-state index contributed by atoms with van der Waals surface area (Å²) in [4.78, 5) is 20.4. The minimum atomic E-state index is -0.370. The minimum Gasteiger partial charge on any atom is -0.461 e. The van der Waals surface area contributed by atoms with Crippen LogP contribution in [-0.2, 0) is 4.74 Å². The van der Waals surface area contributed by atoms with Crippen LogP contribution in [0.2, 0.25) is 0 Å². The minimum absolute atomic E-state index is 0.222. The zero-order valence-electron chi connectivity index (χ0n) is 13.5. The Morgan fingerprint density at radius 3 is 3.00 bits per heavy atom. The van der Waals surface area contributed by atoms with Crippen LogP contribution < -0.4 is 5.32 Å². The standard InChI is InChI=1S/C19H19N3O2/c1-2-24-19(23)16-10-14-13-7-3-4-8-15(13)21-18(14)17(22-16)12-6-5-9-20-11-12/h3-5,7-10,12,20-21H,2,6,11H2,1H3. The first-order chi connectivity index (χ1) is 11.8. The van der Waals surface area contributed by atoms with Crippen molar-refractivity contribution in [2.24, 2.45) is 0 Å². The molecule has 0 saturated carbocycles. The van der Waals surface area contributed by atoms with Crippen LogP contribution in [-0.4, -0.2) is 29.1 Å². The first-order valence-corrected chi connectivity index (χ1v) is 8.24. The zero-order chi connectivity index (χ0) is 16.5. The molecule has 1 unspecified atom stereocenters. The van der Waals surface area contributed by atoms with Crippen LogP contribution in [0.5, 0.6) is 0 Å². The Hall–Kier alpha value is -2.82. The van der Waals surface area contributed by atoms with Crippen LogP contribution in [0, 0.1) is 0 Å². The monoisotopic (exact) mass is 321 g/mol. The van der Waals surface area contributed by atoms with E-state index in [1.165, 1.54) is 0 Å². The average Bonchev–Trinajstić information content (AvgIpc) is 3.00. The smallest absolute Gasteiger partial charge is 0.356 e. The largest absolute Gasteiger partial charge is 0.461 e. The lowest BCUT2D eigenvalue weighted by Gasteiger charge is -2.19. The lowest BCUT2D eigenvalue weighted by Crippen LogP contribution is -2.22. The van der Waals surface area contributed by atoms with Gasteiger partial charge < -0.3 is 15.0 Å². The second-order valence-corrected chi connectivity index (χ2v) is 5.95. The molecule has 1 aliphatic rings. The van der Waals surface area contributed by atoms with E-state index in [2.05, 4.69) is 27.4 Å². The number of aromatic amines is 1. The van der Waals surface area contributed by atoms with Gasteiger partial charge in [0.2, 0.25) is 0 Å². The molecule has 0 spiro atoms. The first-order valence-electron chi connectivity index (χ1n) is 8.24. The van der Waals surface area contributed by atoms with Gasteiger partial charge in [-0.05, 0) is 31.7 Å². The molecule has 2 aromatic heterocycles. The molecule has 122 valence electrons. The zero-order valence-corrected chi connectivity index (χ0v) is 13.5. The number of carbonyl (C=O) groups is 1. The number of nitrogens with zero attached hydrogens (tertiary/aromatic N) is 1. The summed E-state index contributed by atoms with van der Waals surface area (Å²) in [5, 5.41) is 5.37. The molecule has 5 nitrogen and oxygen atoms in total. The fourth-order valence-electron chi connectivity index (χ4n) is 3.29. The molecule has 1 aromatic carbocycles. The highest BCUT2D eigenvalue weighted by Crippen LogP contribution is 2.32. The van der Waals surface area contributed by atoms with Crippen molar-refractivity contribution in [3.05, 3.63) is 54.0 Å². The van der Waals surface area contributed by atoms with E-state index < -0.39 is 0 Å². The van der Waals surface area contributed by atoms with Gasteiger partial charge in [-0.3, -0.25) is 0 Å². The van der Waals surface area contributed by atoms with Crippen LogP contribution in [0.3, 0.4) is 0 Å². The van der Waals surface area contributed by atoms with E-state index >= 15 is 0 Å². The molecule has 0 saturated heterocycles. The van der Waals surface area contributed by atoms with E-state index in [0.29, 0.717) is 12.3 Å². The Balaban J connectivity index is 1.96. The Kier molecular flexibility index (Phi) is 3.69. The van der Waals surface area contributed by atoms with Gasteiger partial charge in [0.15, 0.2) is 0 Å². The second-order valence-electron chi connectivity index (χ2n) is 5.95. The molecule has 5 heteroatoms. The lowest BCUT2D eigenvalue weighted by molar-refractivity contribution is 0.0519. The quantitative estimate of drug-likeness (QED) is 0.725. The van der Waals surface area contributed by atoms with Crippen molar-refractivity contribution in [2.75, 3.05) is 13.2 Å². The number of nitrogens with one attached hydrogen (secondary N) is 2. The maximum atomic E-state index is 12.3. The highest BCUT2D eigenvalue weighted by molar-refractivity contribution is 6.09. The predicted molar refractivity (Wildman–Crippen MR) is 94.1 cm³/mol. The number of benzene rings is 1. The van der Waals surface area contributed by atoms with Crippen LogP contribution in [0.25, 0.3) is 21.8 Å². The van der Waals surface area contributed by atoms with Gasteiger partial charge in [-0.1, -0.05) is 24.3 Å². The number of carbonyl (C=O) groups excluding carboxylic acids is 1. The molecule has 0 radical (unpaired) electrons. The predicted octanol–water partition coefficient (Wildman–Crippen LogP) is 3.48. The van der Waals surface area contributed by atoms with Crippen LogP contribution >= 0.6 is 0 Å². The number of aromatic nitrogens is 2. The molecule has 0 fully saturated rings. The molecule has 1 atom stereocenters. The summed E-state index contributed by atoms with van der Waals surface area (Å²) >= 11 is 0. The summed E-state index contributed by atoms with van der Waals surface area (Å²) in [6.07, 6.45) is 4.96. The van der Waals surface area contributed by atoms with Gasteiger partial charge >= 0.3 is 5.97 Å². The fraction of sp³-hybridized carbons (Fsp3) is 0.263. The third kappa shape index (κ3) is 2.42. The summed E-state index contributed by atoms with van der Waals surface area (Å²) in [5.74, 6) is -0.148. The normalized spacial score (nSPS) is 17.1. The third-order valence-electron chi connectivity index (χ3n) is 4.42. The van der Waals surface area contributed by atoms with E-state index in [9.17, 15) is 4.79 Å². The number of H-pyrrole nitrogens is 1. The van der Waals surface area contributed by atoms with Crippen molar-refractivity contribution in [3.8, 4) is 0 Å². The number of hydrogen-bond acceptors (Lipinski definition) is 4. The molecular formula is C19H19N3O2. The third-order valence-corrected chi connectivity index (χ3v) is 4.42. The number of esters is 1. The van der Waals surface area contributed by atoms with E-state index in [1.807, 2.05) is 30.5 Å². The van der Waals surface area contributed by atoms with E-state index in [4.69, 9.17) is 4.74 Å². The molecule has 3 aromatic rings. The fourth-order valence-corrected chi connectivity index (χ4v) is 3.29. The Morgan fingerprint density at radius 1 is 1.33 bits per heavy atom. The maximum absolute atomic E-state index is 12.3. The van der Waals surface area contributed by atoms with Crippen molar-refractivity contribution in [1.29, 1.82) is 0 Å². The SMILES string of the molecule is CCOC(=O)c1cc2c([nH]c3ccccc32)c(C2CC=CNC2)n1. The summed E-state index contributed by atoms with van der Waals surface area (Å²) in [7, 11) is 0. The highest BCUT2D eigenvalue weighted by atomic mass is 16.5. The van der Waals surface area contributed by atoms with Gasteiger partial charge in [0, 0.05) is 28.8 Å². The molecule has 0 aliphatic carbocycles. The van der Waals surface area contributed by atoms with E-state index in [0.717, 1.165) is 40.5 Å². The van der Waals surface area contributed by atoms with Gasteiger partial charge in [-0.25, -0.2) is 9.78 Å². The number of pyridine rings is 1. The molecule has 24 heavy (non-hydrogen) atoms. The maximum Gasteiger partial charge on any atom is 0.356 e. The molecule has 0 amide bonds. The van der Waals surface area contributed by atoms with Gasteiger partial charge in [0.05, 0.1) is 17.8 Å². The average molecular weight is 321 g/mol. The van der Waals surface area contributed by atoms with Gasteiger partial charge in [-0.2, -0.15) is 0 Å². The molecule has 2 N–H and O–H groups in total. The van der Waals surface area contributed by atoms with E-state index in [1.54, 1.807) is 6.92 Å². The van der Waals surface area contributed by atoms with Crippen molar-refractivity contribution in [2.45, 2.75) is 19.3 Å². The summed E-state index contributed by atoms with van der Waals surface area (Å²) in [5.41, 5.74) is 3.35. The Morgan fingerprint density at radius 2 is 2.21 bits per heavy atom. The molecule has 4 rings (SSSR count). The van der Waals surface area contributed by atoms with Crippen LogP contribution in [0.15, 0.2) is 42.6 Å². The van der Waals surface area contributed by atoms with E-state index in [-0.39, 0.29) is 11.9 Å². The number of allylic oxidation sites excluding steroid dienone is 1. The van der Waals surface area contributed by atoms with Crippen molar-refractivity contribution < 1.29 is 9.53 Å². The van der Waals surface area contributed by atoms with Crippen LogP contribution in [0.1, 0.15) is 35.4 Å². The molecule has 0 bridgehead atoms. The number of ether oxygens (including phenoxy) is 1. The van der Waals surface area contributed by atoms with Gasteiger partial charge in [-0.15, -0.1) is 0 Å². The number of fused-ring (bicyclic) bond motifs is 3. The Labute approximate surface area is 139 Å². The first kappa shape index (κ1) is 14.8. The molecule has 3 heterocycles. The van der Waals surface area contributed by atoms with Gasteiger partial charge in [0.25, 0.3) is 0 Å². The lowest BCUT2D eigenvalue weighted by atomic mass is 9.96. The highest BCUT2D eigenvalue weighted by Gasteiger charge is 2.22. The Bertz CT molecular complexity index is 942. The van der Waals surface area contributed by atoms with Crippen molar-refractivity contribution in [3.63, 3.8) is 0 Å². The summed E-state index contributed by atoms with van der Waals surface area (Å²) in [6, 6.07) is 9.95. The van der Waals surface area contributed by atoms with Gasteiger partial charge in [0.1, 0.15) is 5.69 Å². The molecule has 1 aliphatic heterocycles. The number of hydrogen-bond donors (Lipinski definition) is 2. The summed E-state index contributed by atoms with van der Waals surface area (Å²) in [6.45, 7) is 2.95. The number of rotatable bonds is 3. The van der Waals surface area contributed by atoms with Crippen LogP contribution in [0.4, 0.5) is 0 Å². The second kappa shape index (κ2) is 6.00. The topological polar surface area (TPSA) is 67.0 Å². The van der Waals surface area contributed by atoms with Crippen molar-refractivity contribution >= 4 is 27.8 Å². The molecular weight excluding hydrogens is 302 g/mol. The van der Waals surface area contributed by atoms with Crippen molar-refractivity contribution in [1.82, 2.24) is 15.3 Å².